The van der Waals surface area contributed by atoms with Gasteiger partial charge in [-0.3, -0.25) is 4.99 Å². The van der Waals surface area contributed by atoms with Crippen LogP contribution in [-0.2, 0) is 4.74 Å². The number of benzene rings is 1. The molecule has 1 saturated heterocycles. The zero-order chi connectivity index (χ0) is 16.8. The maximum Gasteiger partial charge on any atom is 0.191 e. The second kappa shape index (κ2) is 10.3. The lowest BCUT2D eigenvalue weighted by Crippen LogP contribution is -2.41. The van der Waals surface area contributed by atoms with Crippen LogP contribution < -0.4 is 10.6 Å². The largest absolute Gasteiger partial charge is 0.386 e. The van der Waals surface area contributed by atoms with Gasteiger partial charge in [-0.25, -0.2) is 0 Å². The number of aliphatic imine (C=N–C) groups is 1. The minimum absolute atomic E-state index is 0. The fraction of sp³-hybridized carbons (Fsp3) is 0.500. The highest BCUT2D eigenvalue weighted by Gasteiger charge is 2.16. The van der Waals surface area contributed by atoms with Gasteiger partial charge in [0.05, 0.1) is 12.6 Å². The van der Waals surface area contributed by atoms with Gasteiger partial charge >= 0.3 is 0 Å². The van der Waals surface area contributed by atoms with Crippen LogP contribution in [-0.4, -0.2) is 43.4 Å². The number of rotatable bonds is 6. The summed E-state index contributed by atoms with van der Waals surface area (Å²) in [5.74, 6) is 0.730. The monoisotopic (exact) mass is 475 g/mol. The highest BCUT2D eigenvalue weighted by atomic mass is 127. The van der Waals surface area contributed by atoms with E-state index in [1.165, 1.54) is 10.1 Å². The van der Waals surface area contributed by atoms with Crippen molar-refractivity contribution < 1.29 is 9.84 Å². The minimum Gasteiger partial charge on any atom is -0.386 e. The van der Waals surface area contributed by atoms with Crippen LogP contribution in [0, 0.1) is 0 Å². The fourth-order valence-corrected chi connectivity index (χ4v) is 3.83. The summed E-state index contributed by atoms with van der Waals surface area (Å²) in [5, 5.41) is 18.1. The first-order chi connectivity index (χ1) is 11.8. The molecule has 0 amide bonds. The molecule has 0 radical (unpaired) electrons. The molecule has 0 bridgehead atoms. The van der Waals surface area contributed by atoms with Crippen molar-refractivity contribution in [1.29, 1.82) is 0 Å². The van der Waals surface area contributed by atoms with Gasteiger partial charge in [0, 0.05) is 29.3 Å². The van der Waals surface area contributed by atoms with Crippen molar-refractivity contribution in [2.45, 2.75) is 32.0 Å². The van der Waals surface area contributed by atoms with Gasteiger partial charge < -0.3 is 20.5 Å². The molecular weight excluding hydrogens is 449 g/mol. The third-order valence-corrected chi connectivity index (χ3v) is 5.28. The van der Waals surface area contributed by atoms with E-state index in [2.05, 4.69) is 27.8 Å². The van der Waals surface area contributed by atoms with Crippen molar-refractivity contribution in [3.8, 4) is 0 Å². The Bertz CT molecular complexity index is 653. The van der Waals surface area contributed by atoms with Crippen LogP contribution in [0.4, 0.5) is 0 Å². The standard InChI is InChI=1S/C18H25N3O2S.HI/c1-2-19-18(20-11-14-7-5-9-23-14)21-12-15(22)17-10-13-6-3-4-8-16(13)24-17;/h3-4,6,8,10,14-15,22H,2,5,7,9,11-12H2,1H3,(H2,19,20,21);1H. The third kappa shape index (κ3) is 5.80. The molecule has 5 nitrogen and oxygen atoms in total. The zero-order valence-electron chi connectivity index (χ0n) is 14.4. The minimum atomic E-state index is -0.583. The van der Waals surface area contributed by atoms with E-state index >= 15 is 0 Å². The summed E-state index contributed by atoms with van der Waals surface area (Å²) < 4.78 is 6.81. The van der Waals surface area contributed by atoms with Crippen molar-refractivity contribution >= 4 is 51.4 Å². The summed E-state index contributed by atoms with van der Waals surface area (Å²) in [5.41, 5.74) is 0. The Kier molecular flexibility index (Phi) is 8.41. The molecule has 1 aliphatic heterocycles. The van der Waals surface area contributed by atoms with Crippen molar-refractivity contribution in [2.75, 3.05) is 26.2 Å². The second-order valence-electron chi connectivity index (χ2n) is 5.94. The van der Waals surface area contributed by atoms with Gasteiger partial charge in [0.1, 0.15) is 6.10 Å². The Labute approximate surface area is 169 Å². The van der Waals surface area contributed by atoms with Crippen LogP contribution in [0.25, 0.3) is 10.1 Å². The number of halogens is 1. The zero-order valence-corrected chi connectivity index (χ0v) is 17.6. The summed E-state index contributed by atoms with van der Waals surface area (Å²) in [4.78, 5) is 5.47. The van der Waals surface area contributed by atoms with Gasteiger partial charge in [0.25, 0.3) is 0 Å². The quantitative estimate of drug-likeness (QED) is 0.341. The molecule has 0 aliphatic carbocycles. The number of nitrogens with zero attached hydrogens (tertiary/aromatic N) is 1. The smallest absolute Gasteiger partial charge is 0.191 e. The molecule has 25 heavy (non-hydrogen) atoms. The Morgan fingerprint density at radius 1 is 1.40 bits per heavy atom. The summed E-state index contributed by atoms with van der Waals surface area (Å²) in [7, 11) is 0. The van der Waals surface area contributed by atoms with Crippen LogP contribution in [0.3, 0.4) is 0 Å². The van der Waals surface area contributed by atoms with Gasteiger partial charge in [-0.05, 0) is 37.3 Å². The van der Waals surface area contributed by atoms with E-state index < -0.39 is 6.10 Å². The molecule has 1 aliphatic rings. The molecule has 2 aromatic rings. The average molecular weight is 475 g/mol. The summed E-state index contributed by atoms with van der Waals surface area (Å²) in [6, 6.07) is 10.2. The van der Waals surface area contributed by atoms with Crippen LogP contribution in [0.2, 0.25) is 0 Å². The molecule has 2 unspecified atom stereocenters. The number of hydrogen-bond acceptors (Lipinski definition) is 4. The third-order valence-electron chi connectivity index (χ3n) is 4.06. The molecule has 0 saturated carbocycles. The Balaban J connectivity index is 0.00000225. The first-order valence-corrected chi connectivity index (χ1v) is 9.38. The van der Waals surface area contributed by atoms with E-state index in [9.17, 15) is 5.11 Å². The van der Waals surface area contributed by atoms with Crippen molar-refractivity contribution in [2.24, 2.45) is 4.99 Å². The van der Waals surface area contributed by atoms with Gasteiger partial charge in [-0.2, -0.15) is 0 Å². The van der Waals surface area contributed by atoms with E-state index in [4.69, 9.17) is 4.74 Å². The van der Waals surface area contributed by atoms with E-state index in [1.807, 2.05) is 25.1 Å². The van der Waals surface area contributed by atoms with Crippen LogP contribution in [0.1, 0.15) is 30.7 Å². The number of fused-ring (bicyclic) bond motifs is 1. The molecule has 1 aromatic carbocycles. The first kappa shape index (κ1) is 20.4. The first-order valence-electron chi connectivity index (χ1n) is 8.56. The van der Waals surface area contributed by atoms with E-state index in [1.54, 1.807) is 11.3 Å². The maximum absolute atomic E-state index is 10.4. The molecule has 138 valence electrons. The maximum atomic E-state index is 10.4. The summed E-state index contributed by atoms with van der Waals surface area (Å²) in [6.45, 7) is 4.77. The Morgan fingerprint density at radius 3 is 2.96 bits per heavy atom. The van der Waals surface area contributed by atoms with Crippen molar-refractivity contribution in [3.63, 3.8) is 0 Å². The van der Waals surface area contributed by atoms with Gasteiger partial charge in [0.2, 0.25) is 0 Å². The number of ether oxygens (including phenoxy) is 1. The van der Waals surface area contributed by atoms with E-state index in [-0.39, 0.29) is 30.1 Å². The molecule has 2 heterocycles. The predicted octanol–water partition coefficient (Wildman–Crippen LogP) is 3.29. The molecule has 3 N–H and O–H groups in total. The SMILES string of the molecule is CCNC(=NCC(O)c1cc2ccccc2s1)NCC1CCCO1.I. The second-order valence-corrected chi connectivity index (χ2v) is 7.05. The Morgan fingerprint density at radius 2 is 2.24 bits per heavy atom. The lowest BCUT2D eigenvalue weighted by molar-refractivity contribution is 0.113. The van der Waals surface area contributed by atoms with Gasteiger partial charge in [0.15, 0.2) is 5.96 Å². The van der Waals surface area contributed by atoms with Crippen LogP contribution in [0.15, 0.2) is 35.3 Å². The number of nitrogens with one attached hydrogen (secondary N) is 2. The Hall–Kier alpha value is -0.900. The fourth-order valence-electron chi connectivity index (χ4n) is 2.79. The predicted molar refractivity (Wildman–Crippen MR) is 115 cm³/mol. The lowest BCUT2D eigenvalue weighted by Gasteiger charge is -2.15. The lowest BCUT2D eigenvalue weighted by atomic mass is 10.2. The van der Waals surface area contributed by atoms with Gasteiger partial charge in [-0.15, -0.1) is 35.3 Å². The topological polar surface area (TPSA) is 65.9 Å². The average Bonchev–Trinajstić information content (AvgIpc) is 3.26. The molecule has 0 spiro atoms. The number of thiophene rings is 1. The molecule has 1 aromatic heterocycles. The highest BCUT2D eigenvalue weighted by Crippen LogP contribution is 2.29. The molecule has 2 atom stereocenters. The van der Waals surface area contributed by atoms with Crippen LogP contribution in [0.5, 0.6) is 0 Å². The number of hydrogen-bond donors (Lipinski definition) is 3. The highest BCUT2D eigenvalue weighted by molar-refractivity contribution is 14.0. The van der Waals surface area contributed by atoms with Gasteiger partial charge in [-0.1, -0.05) is 18.2 Å². The van der Waals surface area contributed by atoms with E-state index in [0.717, 1.165) is 43.4 Å². The van der Waals surface area contributed by atoms with E-state index in [0.29, 0.717) is 6.54 Å². The summed E-state index contributed by atoms with van der Waals surface area (Å²) >= 11 is 1.62. The molecular formula is C18H26IN3O2S. The molecule has 1 fully saturated rings. The number of aliphatic hydroxyl groups is 1. The molecule has 7 heteroatoms. The van der Waals surface area contributed by atoms with Crippen molar-refractivity contribution in [1.82, 2.24) is 10.6 Å². The molecule has 3 rings (SSSR count). The number of guanidine groups is 1. The van der Waals surface area contributed by atoms with Crippen molar-refractivity contribution in [3.05, 3.63) is 35.2 Å². The number of aliphatic hydroxyl groups excluding tert-OH is 1. The summed E-state index contributed by atoms with van der Waals surface area (Å²) in [6.07, 6.45) is 1.91. The normalized spacial score (nSPS) is 18.8. The van der Waals surface area contributed by atoms with Crippen LogP contribution >= 0.6 is 35.3 Å².